The van der Waals surface area contributed by atoms with Crippen molar-refractivity contribution >= 4 is 11.8 Å². The van der Waals surface area contributed by atoms with E-state index in [-0.39, 0.29) is 11.8 Å². The van der Waals surface area contributed by atoms with Crippen LogP contribution in [0.5, 0.6) is 0 Å². The summed E-state index contributed by atoms with van der Waals surface area (Å²) < 4.78 is 10.9. The van der Waals surface area contributed by atoms with Crippen LogP contribution in [0.3, 0.4) is 0 Å². The van der Waals surface area contributed by atoms with E-state index in [9.17, 15) is 9.59 Å². The predicted octanol–water partition coefficient (Wildman–Crippen LogP) is 6.90. The Labute approximate surface area is 218 Å². The highest BCUT2D eigenvalue weighted by molar-refractivity contribution is 5.84. The third-order valence-electron chi connectivity index (χ3n) is 6.77. The molecule has 4 rings (SSSR count). The number of benzene rings is 3. The first kappa shape index (κ1) is 26.1. The SMILES string of the molecule is CCOC(=O)C(C)(C)c1ccc(-c2ccc(-c3onc(C)c3CC(=O)CCc3ccccc3)cc2)cc1. The summed E-state index contributed by atoms with van der Waals surface area (Å²) in [7, 11) is 0. The van der Waals surface area contributed by atoms with E-state index in [1.807, 2.05) is 107 Å². The van der Waals surface area contributed by atoms with E-state index < -0.39 is 5.41 Å². The second kappa shape index (κ2) is 11.4. The van der Waals surface area contributed by atoms with E-state index in [2.05, 4.69) is 5.16 Å². The number of hydrogen-bond acceptors (Lipinski definition) is 5. The molecular weight excluding hydrogens is 462 g/mol. The zero-order valence-corrected chi connectivity index (χ0v) is 21.9. The highest BCUT2D eigenvalue weighted by Gasteiger charge is 2.31. The van der Waals surface area contributed by atoms with Crippen LogP contribution in [0.2, 0.25) is 0 Å². The standard InChI is InChI=1S/C32H33NO4/c1-5-36-31(35)32(3,4)27-18-16-25(17-19-27)24-12-14-26(15-13-24)30-29(22(2)33-37-30)21-28(34)20-11-23-9-7-6-8-10-23/h6-10,12-19H,5,11,20-21H2,1-4H3. The van der Waals surface area contributed by atoms with Crippen molar-refractivity contribution in [3.63, 3.8) is 0 Å². The Morgan fingerprint density at radius 3 is 2.08 bits per heavy atom. The van der Waals surface area contributed by atoms with Crippen molar-refractivity contribution in [1.82, 2.24) is 5.16 Å². The van der Waals surface area contributed by atoms with Crippen molar-refractivity contribution in [2.75, 3.05) is 6.61 Å². The van der Waals surface area contributed by atoms with Crippen LogP contribution in [0.15, 0.2) is 83.4 Å². The molecule has 5 heteroatoms. The molecule has 0 saturated carbocycles. The Bertz CT molecular complexity index is 1350. The Hall–Kier alpha value is -3.99. The molecule has 0 fully saturated rings. The molecule has 1 aromatic heterocycles. The van der Waals surface area contributed by atoms with E-state index in [0.29, 0.717) is 25.2 Å². The fourth-order valence-corrected chi connectivity index (χ4v) is 4.36. The van der Waals surface area contributed by atoms with Crippen LogP contribution in [0.1, 0.15) is 49.6 Å². The molecule has 0 aliphatic rings. The van der Waals surface area contributed by atoms with Crippen molar-refractivity contribution in [3.8, 4) is 22.5 Å². The molecule has 0 aliphatic carbocycles. The van der Waals surface area contributed by atoms with Crippen molar-refractivity contribution < 1.29 is 18.8 Å². The van der Waals surface area contributed by atoms with Gasteiger partial charge in [-0.2, -0.15) is 0 Å². The highest BCUT2D eigenvalue weighted by Crippen LogP contribution is 2.31. The molecule has 1 heterocycles. The van der Waals surface area contributed by atoms with Gasteiger partial charge in [0.1, 0.15) is 5.78 Å². The zero-order valence-electron chi connectivity index (χ0n) is 21.9. The summed E-state index contributed by atoms with van der Waals surface area (Å²) in [5, 5.41) is 4.14. The number of esters is 1. The Kier molecular flexibility index (Phi) is 8.02. The molecule has 5 nitrogen and oxygen atoms in total. The van der Waals surface area contributed by atoms with Gasteiger partial charge in [-0.05, 0) is 56.4 Å². The van der Waals surface area contributed by atoms with Gasteiger partial charge in [0.05, 0.1) is 17.7 Å². The van der Waals surface area contributed by atoms with Crippen molar-refractivity contribution in [1.29, 1.82) is 0 Å². The summed E-state index contributed by atoms with van der Waals surface area (Å²) in [5.74, 6) is 0.575. The van der Waals surface area contributed by atoms with Gasteiger partial charge in [0.15, 0.2) is 5.76 Å². The van der Waals surface area contributed by atoms with Gasteiger partial charge in [0.25, 0.3) is 0 Å². The molecule has 190 valence electrons. The summed E-state index contributed by atoms with van der Waals surface area (Å²) in [5.41, 5.74) is 5.91. The minimum absolute atomic E-state index is 0.166. The van der Waals surface area contributed by atoms with E-state index in [4.69, 9.17) is 9.26 Å². The van der Waals surface area contributed by atoms with Crippen molar-refractivity contribution in [2.45, 2.75) is 52.4 Å². The van der Waals surface area contributed by atoms with Crippen LogP contribution in [0, 0.1) is 6.92 Å². The molecule has 37 heavy (non-hydrogen) atoms. The minimum Gasteiger partial charge on any atom is -0.465 e. The molecule has 4 aromatic rings. The first-order chi connectivity index (χ1) is 17.8. The van der Waals surface area contributed by atoms with Gasteiger partial charge in [0, 0.05) is 24.0 Å². The van der Waals surface area contributed by atoms with Gasteiger partial charge >= 0.3 is 5.97 Å². The number of aryl methyl sites for hydroxylation is 2. The second-order valence-electron chi connectivity index (χ2n) is 9.78. The third kappa shape index (κ3) is 6.05. The summed E-state index contributed by atoms with van der Waals surface area (Å²) in [6, 6.07) is 26.0. The smallest absolute Gasteiger partial charge is 0.315 e. The largest absolute Gasteiger partial charge is 0.465 e. The maximum absolute atomic E-state index is 12.7. The maximum atomic E-state index is 12.7. The van der Waals surface area contributed by atoms with Crippen LogP contribution < -0.4 is 0 Å². The van der Waals surface area contributed by atoms with Crippen LogP contribution in [0.4, 0.5) is 0 Å². The Balaban J connectivity index is 1.46. The topological polar surface area (TPSA) is 69.4 Å². The molecule has 0 amide bonds. The molecule has 0 N–H and O–H groups in total. The lowest BCUT2D eigenvalue weighted by molar-refractivity contribution is -0.148. The van der Waals surface area contributed by atoms with Crippen LogP contribution >= 0.6 is 0 Å². The van der Waals surface area contributed by atoms with E-state index in [1.54, 1.807) is 0 Å². The van der Waals surface area contributed by atoms with Crippen LogP contribution in [-0.2, 0) is 32.6 Å². The predicted molar refractivity (Wildman–Crippen MR) is 145 cm³/mol. The molecule has 0 bridgehead atoms. The van der Waals surface area contributed by atoms with Gasteiger partial charge in [0.2, 0.25) is 0 Å². The molecule has 0 spiro atoms. The van der Waals surface area contributed by atoms with Crippen LogP contribution in [-0.4, -0.2) is 23.5 Å². The summed E-state index contributed by atoms with van der Waals surface area (Å²) >= 11 is 0. The first-order valence-corrected chi connectivity index (χ1v) is 12.7. The zero-order chi connectivity index (χ0) is 26.4. The quantitative estimate of drug-likeness (QED) is 0.224. The van der Waals surface area contributed by atoms with Gasteiger partial charge in [-0.3, -0.25) is 9.59 Å². The number of carbonyl (C=O) groups is 2. The monoisotopic (exact) mass is 495 g/mol. The fraction of sp³-hybridized carbons (Fsp3) is 0.281. The summed E-state index contributed by atoms with van der Waals surface area (Å²) in [6.07, 6.45) is 1.51. The number of ether oxygens (including phenoxy) is 1. The molecular formula is C32H33NO4. The second-order valence-corrected chi connectivity index (χ2v) is 9.78. The molecule has 3 aromatic carbocycles. The van der Waals surface area contributed by atoms with E-state index >= 15 is 0 Å². The fourth-order valence-electron chi connectivity index (χ4n) is 4.36. The van der Waals surface area contributed by atoms with Crippen molar-refractivity contribution in [3.05, 3.63) is 101 Å². The molecule has 0 atom stereocenters. The minimum atomic E-state index is -0.711. The molecule has 0 unspecified atom stereocenters. The van der Waals surface area contributed by atoms with Gasteiger partial charge in [-0.25, -0.2) is 0 Å². The Morgan fingerprint density at radius 1 is 0.865 bits per heavy atom. The third-order valence-corrected chi connectivity index (χ3v) is 6.77. The number of hydrogen-bond donors (Lipinski definition) is 0. The number of aromatic nitrogens is 1. The average molecular weight is 496 g/mol. The summed E-state index contributed by atoms with van der Waals surface area (Å²) in [6.45, 7) is 7.80. The summed E-state index contributed by atoms with van der Waals surface area (Å²) in [4.78, 5) is 25.1. The number of ketones is 1. The maximum Gasteiger partial charge on any atom is 0.315 e. The van der Waals surface area contributed by atoms with Gasteiger partial charge < -0.3 is 9.26 Å². The van der Waals surface area contributed by atoms with E-state index in [0.717, 1.165) is 45.5 Å². The lowest BCUT2D eigenvalue weighted by Crippen LogP contribution is -2.31. The van der Waals surface area contributed by atoms with Crippen LogP contribution in [0.25, 0.3) is 22.5 Å². The number of carbonyl (C=O) groups excluding carboxylic acids is 2. The van der Waals surface area contributed by atoms with Crippen molar-refractivity contribution in [2.24, 2.45) is 0 Å². The first-order valence-electron chi connectivity index (χ1n) is 12.7. The average Bonchev–Trinajstić information content (AvgIpc) is 3.28. The van der Waals surface area contributed by atoms with Gasteiger partial charge in [-0.1, -0.05) is 84.0 Å². The normalized spacial score (nSPS) is 11.4. The molecule has 0 radical (unpaired) electrons. The Morgan fingerprint density at radius 2 is 1.46 bits per heavy atom. The lowest BCUT2D eigenvalue weighted by atomic mass is 9.84. The lowest BCUT2D eigenvalue weighted by Gasteiger charge is -2.23. The number of Topliss-reactive ketones (excluding diaryl/α,β-unsaturated/α-hetero) is 1. The van der Waals surface area contributed by atoms with Gasteiger partial charge in [-0.15, -0.1) is 0 Å². The highest BCUT2D eigenvalue weighted by atomic mass is 16.5. The van der Waals surface area contributed by atoms with E-state index in [1.165, 1.54) is 0 Å². The number of rotatable bonds is 10. The molecule has 0 saturated heterocycles. The number of nitrogens with zero attached hydrogens (tertiary/aromatic N) is 1. The molecule has 0 aliphatic heterocycles.